The molecule has 1 atom stereocenters. The van der Waals surface area contributed by atoms with Crippen LogP contribution in [-0.2, 0) is 15.1 Å². The minimum absolute atomic E-state index is 0. The molecule has 46 valence electrons. The van der Waals surface area contributed by atoms with Crippen molar-refractivity contribution < 1.29 is 63.6 Å². The van der Waals surface area contributed by atoms with Crippen molar-refractivity contribution in [3.63, 3.8) is 0 Å². The van der Waals surface area contributed by atoms with Crippen molar-refractivity contribution in [2.24, 2.45) is 0 Å². The van der Waals surface area contributed by atoms with Crippen molar-refractivity contribution in [1.29, 1.82) is 0 Å². The zero-order valence-electron chi connectivity index (χ0n) is 4.87. The largest absolute Gasteiger partial charge is 1.00 e. The van der Waals surface area contributed by atoms with Crippen LogP contribution >= 0.6 is 0 Å². The summed E-state index contributed by atoms with van der Waals surface area (Å²) >= 11 is -2.72. The molecule has 0 aliphatic carbocycles. The van der Waals surface area contributed by atoms with Gasteiger partial charge in [0.15, 0.2) is 0 Å². The maximum Gasteiger partial charge on any atom is 1.00 e. The molecule has 0 aromatic carbocycles. The van der Waals surface area contributed by atoms with E-state index >= 15 is 0 Å². The Morgan fingerprint density at radius 3 is 2.12 bits per heavy atom. The van der Waals surface area contributed by atoms with Gasteiger partial charge in [0.25, 0.3) is 0 Å². The molecule has 0 aromatic heterocycles. The summed E-state index contributed by atoms with van der Waals surface area (Å²) in [5.74, 6) is 0. The monoisotopic (exact) mass is 172 g/mol. The molecule has 8 heteroatoms. The molecule has 1 unspecified atom stereocenters. The first-order valence-electron chi connectivity index (χ1n) is 0.979. The van der Waals surface area contributed by atoms with Crippen molar-refractivity contribution in [2.45, 2.75) is 0 Å². The van der Waals surface area contributed by atoms with Crippen molar-refractivity contribution >= 4 is 11.4 Å². The average molecular weight is 173 g/mol. The van der Waals surface area contributed by atoms with Crippen LogP contribution in [0.5, 0.6) is 0 Å². The molecule has 0 saturated carbocycles. The van der Waals surface area contributed by atoms with Crippen molar-refractivity contribution in [3.8, 4) is 0 Å². The molecule has 0 amide bonds. The molecule has 0 aliphatic rings. The molecular formula is H2ClNaO5S. The Labute approximate surface area is 74.7 Å². The summed E-state index contributed by atoms with van der Waals surface area (Å²) in [5.41, 5.74) is 0. The Hall–Kier alpha value is 1.28. The fourth-order valence-electron chi connectivity index (χ4n) is 0.0440. The van der Waals surface area contributed by atoms with Crippen LogP contribution in [0.1, 0.15) is 1.43 Å². The zero-order valence-corrected chi connectivity index (χ0v) is 7.44. The third-order valence-corrected chi connectivity index (χ3v) is 0.948. The average Bonchev–Trinajstić information content (AvgIpc) is 1.27. The van der Waals surface area contributed by atoms with E-state index in [0.717, 1.165) is 0 Å². The van der Waals surface area contributed by atoms with Gasteiger partial charge < -0.3 is 10.7 Å². The van der Waals surface area contributed by atoms with Gasteiger partial charge >= 0.3 is 51.7 Å². The quantitative estimate of drug-likeness (QED) is 0.331. The third-order valence-electron chi connectivity index (χ3n) is 0.105. The molecule has 5 nitrogen and oxygen atoms in total. The molecule has 8 heavy (non-hydrogen) atoms. The Bertz CT molecular complexity index is 77.4. The van der Waals surface area contributed by atoms with E-state index in [9.17, 15) is 13.5 Å². The van der Waals surface area contributed by atoms with Crippen LogP contribution in [0.2, 0.25) is 0 Å². The Morgan fingerprint density at radius 2 is 2.12 bits per heavy atom. The Balaban J connectivity index is -0.000000180. The van der Waals surface area contributed by atoms with E-state index in [1.54, 1.807) is 0 Å². The molecule has 0 aromatic rings. The van der Waals surface area contributed by atoms with Crippen LogP contribution in [-0.4, -0.2) is 8.76 Å². The molecule has 0 rings (SSSR count). The minimum Gasteiger partial charge on any atom is -1.00 e. The van der Waals surface area contributed by atoms with E-state index in [1.165, 1.54) is 0 Å². The summed E-state index contributed by atoms with van der Waals surface area (Å²) in [6.07, 6.45) is 0. The summed E-state index contributed by atoms with van der Waals surface area (Å²) in [6, 6.07) is 0. The number of halogens is 1. The van der Waals surface area contributed by atoms with Crippen molar-refractivity contribution in [2.75, 3.05) is 0 Å². The standard InChI is InChI=1S/ClHO5S.Na.H/c2-1(3)6-7(4)5;;/h(H,4,5);;/q;+1;-1. The molecule has 0 aliphatic heterocycles. The maximum atomic E-state index is 9.30. The fraction of sp³-hybridized carbons (Fsp3) is 0. The predicted molar refractivity (Wildman–Crippen MR) is 13.0 cm³/mol. The van der Waals surface area contributed by atoms with E-state index < -0.39 is 22.1 Å². The van der Waals surface area contributed by atoms with E-state index in [4.69, 9.17) is 4.55 Å². The van der Waals surface area contributed by atoms with Gasteiger partial charge in [0.2, 0.25) is 0 Å². The first-order chi connectivity index (χ1) is 3.13. The summed E-state index contributed by atoms with van der Waals surface area (Å²) in [7, 11) is -2.60. The van der Waals surface area contributed by atoms with Gasteiger partial charge in [0.05, 0.1) is 0 Å². The maximum absolute atomic E-state index is 9.30. The molecule has 0 saturated heterocycles. The van der Waals surface area contributed by atoms with Gasteiger partial charge in [-0.1, -0.05) is 0 Å². The van der Waals surface area contributed by atoms with Gasteiger partial charge in [-0.15, -0.1) is 0 Å². The first-order valence-corrected chi connectivity index (χ1v) is 2.94. The molecule has 0 fully saturated rings. The predicted octanol–water partition coefficient (Wildman–Crippen LogP) is -5.66. The number of rotatable bonds is 2. The Morgan fingerprint density at radius 1 is 1.75 bits per heavy atom. The van der Waals surface area contributed by atoms with Gasteiger partial charge in [0.1, 0.15) is 3.74 Å². The molecule has 0 heterocycles. The summed E-state index contributed by atoms with van der Waals surface area (Å²) in [4.78, 5) is 0. The van der Waals surface area contributed by atoms with Crippen LogP contribution in [0.25, 0.3) is 0 Å². The van der Waals surface area contributed by atoms with Crippen LogP contribution in [0.4, 0.5) is 0 Å². The van der Waals surface area contributed by atoms with E-state index in [1.807, 2.05) is 0 Å². The van der Waals surface area contributed by atoms with Gasteiger partial charge in [-0.2, -0.15) is 4.21 Å². The summed E-state index contributed by atoms with van der Waals surface area (Å²) in [6.45, 7) is 0. The number of hydrogen-bond donors (Lipinski definition) is 1. The van der Waals surface area contributed by atoms with Crippen LogP contribution in [0.3, 0.4) is 0 Å². The van der Waals surface area contributed by atoms with Gasteiger partial charge in [-0.25, -0.2) is 0 Å². The Kier molecular flexibility index (Phi) is 9.60. The van der Waals surface area contributed by atoms with E-state index in [2.05, 4.69) is 3.74 Å². The molecule has 0 spiro atoms. The fourth-order valence-corrected chi connectivity index (χ4v) is 0.396. The van der Waals surface area contributed by atoms with E-state index in [-0.39, 0.29) is 31.0 Å². The minimum atomic E-state index is -2.72. The van der Waals surface area contributed by atoms with Crippen LogP contribution in [0.15, 0.2) is 0 Å². The second-order valence-corrected chi connectivity index (χ2v) is 1.79. The van der Waals surface area contributed by atoms with Gasteiger partial charge in [-0.3, -0.25) is 4.55 Å². The first kappa shape index (κ1) is 12.0. The normalized spacial score (nSPS) is 13.0. The second-order valence-electron chi connectivity index (χ2n) is 0.469. The smallest absolute Gasteiger partial charge is 1.00 e. The van der Waals surface area contributed by atoms with Gasteiger partial charge in [-0.05, 0) is 0 Å². The molecule has 1 N–H and O–H groups in total. The van der Waals surface area contributed by atoms with Crippen molar-refractivity contribution in [1.82, 2.24) is 0 Å². The topological polar surface area (TPSA) is 92.7 Å². The SMILES string of the molecule is O=S(O)O[Cl+2]([O-])[O-].[H-].[Na+]. The summed E-state index contributed by atoms with van der Waals surface area (Å²) < 4.78 is 38.4. The van der Waals surface area contributed by atoms with Crippen molar-refractivity contribution in [3.05, 3.63) is 0 Å². The van der Waals surface area contributed by atoms with Crippen LogP contribution in [0, 0.1) is 10.8 Å². The molecular weight excluding hydrogens is 171 g/mol. The third kappa shape index (κ3) is 10.3. The number of hydrogen-bond acceptors (Lipinski definition) is 4. The van der Waals surface area contributed by atoms with Crippen LogP contribution < -0.4 is 38.9 Å². The summed E-state index contributed by atoms with van der Waals surface area (Å²) in [5, 5.41) is 0. The molecule has 0 bridgehead atoms. The molecule has 0 radical (unpaired) electrons. The van der Waals surface area contributed by atoms with E-state index in [0.29, 0.717) is 0 Å². The van der Waals surface area contributed by atoms with Gasteiger partial charge in [0, 0.05) is 0 Å². The second kappa shape index (κ2) is 6.40. The zero-order chi connectivity index (χ0) is 5.86.